The smallest absolute Gasteiger partial charge is 0.229 e. The van der Waals surface area contributed by atoms with Crippen LogP contribution in [0, 0.1) is 0 Å². The van der Waals surface area contributed by atoms with Crippen LogP contribution in [0.15, 0.2) is 18.2 Å². The number of halogens is 1. The minimum atomic E-state index is -3.31. The van der Waals surface area contributed by atoms with E-state index in [0.717, 1.165) is 31.4 Å². The number of ether oxygens (including phenoxy) is 1. The number of hydrogen-bond donors (Lipinski definition) is 2. The molecule has 5 nitrogen and oxygen atoms in total. The maximum absolute atomic E-state index is 11.2. The lowest BCUT2D eigenvalue weighted by Gasteiger charge is -2.36. The van der Waals surface area contributed by atoms with E-state index in [0.29, 0.717) is 22.9 Å². The van der Waals surface area contributed by atoms with Crippen LogP contribution in [0.4, 0.5) is 11.4 Å². The van der Waals surface area contributed by atoms with Crippen molar-refractivity contribution in [1.29, 1.82) is 0 Å². The summed E-state index contributed by atoms with van der Waals surface area (Å²) >= 11 is 6.07. The van der Waals surface area contributed by atoms with Gasteiger partial charge in [0.05, 0.1) is 23.1 Å². The third-order valence-electron chi connectivity index (χ3n) is 3.13. The third kappa shape index (κ3) is 4.26. The molecule has 0 aromatic heterocycles. The largest absolute Gasteiger partial charge is 0.382 e. The van der Waals surface area contributed by atoms with Crippen LogP contribution in [0.2, 0.25) is 5.02 Å². The Morgan fingerprint density at radius 3 is 2.65 bits per heavy atom. The molecule has 0 amide bonds. The van der Waals surface area contributed by atoms with Gasteiger partial charge in [-0.25, -0.2) is 8.42 Å². The second-order valence-corrected chi connectivity index (χ2v) is 7.11. The minimum absolute atomic E-state index is 0.346. The molecule has 7 heteroatoms. The summed E-state index contributed by atoms with van der Waals surface area (Å²) in [5.74, 6) is 0. The summed E-state index contributed by atoms with van der Waals surface area (Å²) < 4.78 is 30.2. The van der Waals surface area contributed by atoms with E-state index in [1.165, 1.54) is 0 Å². The summed E-state index contributed by atoms with van der Waals surface area (Å²) in [5.41, 5.74) is 1.27. The Kier molecular flexibility index (Phi) is 4.78. The van der Waals surface area contributed by atoms with Crippen molar-refractivity contribution < 1.29 is 13.2 Å². The summed E-state index contributed by atoms with van der Waals surface area (Å²) in [7, 11) is -3.31. The lowest BCUT2D eigenvalue weighted by molar-refractivity contribution is 0.00299. The molecule has 1 aliphatic carbocycles. The van der Waals surface area contributed by atoms with Gasteiger partial charge in [0.1, 0.15) is 0 Å². The van der Waals surface area contributed by atoms with Crippen molar-refractivity contribution in [2.24, 2.45) is 0 Å². The molecule has 2 N–H and O–H groups in total. The monoisotopic (exact) mass is 318 g/mol. The third-order valence-corrected chi connectivity index (χ3v) is 4.04. The van der Waals surface area contributed by atoms with E-state index in [9.17, 15) is 8.42 Å². The molecule has 0 saturated heterocycles. The number of hydrogen-bond acceptors (Lipinski definition) is 4. The number of rotatable bonds is 6. The van der Waals surface area contributed by atoms with Gasteiger partial charge in [0, 0.05) is 18.3 Å². The van der Waals surface area contributed by atoms with Crippen molar-refractivity contribution in [3.05, 3.63) is 23.2 Å². The number of nitrogens with one attached hydrogen (secondary N) is 2. The highest BCUT2D eigenvalue weighted by Crippen LogP contribution is 2.30. The van der Waals surface area contributed by atoms with Gasteiger partial charge in [-0.05, 0) is 38.0 Å². The predicted octanol–water partition coefficient (Wildman–Crippen LogP) is 2.69. The second-order valence-electron chi connectivity index (χ2n) is 4.96. The summed E-state index contributed by atoms with van der Waals surface area (Å²) in [6.07, 6.45) is 3.40. The molecule has 20 heavy (non-hydrogen) atoms. The van der Waals surface area contributed by atoms with E-state index in [1.807, 2.05) is 13.0 Å². The van der Waals surface area contributed by atoms with Gasteiger partial charge >= 0.3 is 0 Å². The summed E-state index contributed by atoms with van der Waals surface area (Å²) in [6, 6.07) is 5.58. The SMILES string of the molecule is CCOC1CC(Nc2ccc(NS(C)(=O)=O)c(Cl)c2)C1. The first-order valence-electron chi connectivity index (χ1n) is 6.53. The van der Waals surface area contributed by atoms with Crippen LogP contribution in [0.5, 0.6) is 0 Å². The van der Waals surface area contributed by atoms with Gasteiger partial charge in [0.25, 0.3) is 0 Å². The Morgan fingerprint density at radius 2 is 2.10 bits per heavy atom. The molecular weight excluding hydrogens is 300 g/mol. The molecule has 0 bridgehead atoms. The molecule has 2 rings (SSSR count). The van der Waals surface area contributed by atoms with E-state index in [1.54, 1.807) is 12.1 Å². The van der Waals surface area contributed by atoms with E-state index in [-0.39, 0.29) is 0 Å². The maximum Gasteiger partial charge on any atom is 0.229 e. The Balaban J connectivity index is 1.93. The molecule has 1 saturated carbocycles. The van der Waals surface area contributed by atoms with Crippen molar-refractivity contribution in [1.82, 2.24) is 0 Å². The summed E-state index contributed by atoms with van der Waals surface area (Å²) in [6.45, 7) is 2.74. The zero-order valence-corrected chi connectivity index (χ0v) is 13.1. The van der Waals surface area contributed by atoms with Crippen LogP contribution in [0.3, 0.4) is 0 Å². The van der Waals surface area contributed by atoms with Gasteiger partial charge in [0.2, 0.25) is 10.0 Å². The highest BCUT2D eigenvalue weighted by atomic mass is 35.5. The molecule has 1 aromatic rings. The van der Waals surface area contributed by atoms with Crippen LogP contribution in [-0.4, -0.2) is 33.4 Å². The second kappa shape index (κ2) is 6.20. The fourth-order valence-electron chi connectivity index (χ4n) is 2.18. The maximum atomic E-state index is 11.2. The highest BCUT2D eigenvalue weighted by Gasteiger charge is 2.29. The lowest BCUT2D eigenvalue weighted by atomic mass is 9.89. The van der Waals surface area contributed by atoms with Gasteiger partial charge in [-0.2, -0.15) is 0 Å². The van der Waals surface area contributed by atoms with Crippen LogP contribution in [-0.2, 0) is 14.8 Å². The van der Waals surface area contributed by atoms with Crippen molar-refractivity contribution in [2.45, 2.75) is 31.9 Å². The quantitative estimate of drug-likeness (QED) is 0.846. The van der Waals surface area contributed by atoms with Gasteiger partial charge < -0.3 is 10.1 Å². The summed E-state index contributed by atoms with van der Waals surface area (Å²) in [5, 5.41) is 3.73. The molecule has 1 aliphatic rings. The molecule has 0 heterocycles. The van der Waals surface area contributed by atoms with E-state index in [4.69, 9.17) is 16.3 Å². The van der Waals surface area contributed by atoms with Crippen LogP contribution < -0.4 is 10.0 Å². The molecule has 0 spiro atoms. The average Bonchev–Trinajstić information content (AvgIpc) is 2.28. The average molecular weight is 319 g/mol. The fourth-order valence-corrected chi connectivity index (χ4v) is 3.04. The van der Waals surface area contributed by atoms with Gasteiger partial charge in [-0.3, -0.25) is 4.72 Å². The first kappa shape index (κ1) is 15.4. The standard InChI is InChI=1S/C13H19ClN2O3S/c1-3-19-11-6-10(7-11)15-9-4-5-13(12(14)8-9)16-20(2,17)18/h4-5,8,10-11,15-16H,3,6-7H2,1-2H3. The number of anilines is 2. The van der Waals surface area contributed by atoms with Crippen molar-refractivity contribution in [3.63, 3.8) is 0 Å². The zero-order valence-electron chi connectivity index (χ0n) is 11.5. The van der Waals surface area contributed by atoms with Crippen molar-refractivity contribution in [2.75, 3.05) is 22.9 Å². The Labute approximate surface area is 124 Å². The van der Waals surface area contributed by atoms with Gasteiger partial charge in [-0.15, -0.1) is 0 Å². The Bertz CT molecular complexity index is 571. The molecule has 0 unspecified atom stereocenters. The lowest BCUT2D eigenvalue weighted by Crippen LogP contribution is -2.40. The highest BCUT2D eigenvalue weighted by molar-refractivity contribution is 7.92. The number of sulfonamides is 1. The molecule has 1 fully saturated rings. The molecule has 0 atom stereocenters. The molecule has 1 aromatic carbocycles. The molecule has 0 aliphatic heterocycles. The van der Waals surface area contributed by atoms with E-state index < -0.39 is 10.0 Å². The van der Waals surface area contributed by atoms with Crippen LogP contribution in [0.25, 0.3) is 0 Å². The molecule has 112 valence electrons. The van der Waals surface area contributed by atoms with Crippen molar-refractivity contribution >= 4 is 33.0 Å². The first-order chi connectivity index (χ1) is 9.37. The van der Waals surface area contributed by atoms with Gasteiger partial charge in [0.15, 0.2) is 0 Å². The molecule has 0 radical (unpaired) electrons. The van der Waals surface area contributed by atoms with E-state index >= 15 is 0 Å². The minimum Gasteiger partial charge on any atom is -0.382 e. The van der Waals surface area contributed by atoms with Crippen LogP contribution in [0.1, 0.15) is 19.8 Å². The number of benzene rings is 1. The first-order valence-corrected chi connectivity index (χ1v) is 8.80. The Hall–Kier alpha value is -0.980. The predicted molar refractivity (Wildman–Crippen MR) is 82.0 cm³/mol. The van der Waals surface area contributed by atoms with Crippen molar-refractivity contribution in [3.8, 4) is 0 Å². The zero-order chi connectivity index (χ0) is 14.8. The fraction of sp³-hybridized carbons (Fsp3) is 0.538. The topological polar surface area (TPSA) is 67.4 Å². The normalized spacial score (nSPS) is 22.1. The molecular formula is C13H19ClN2O3S. The Morgan fingerprint density at radius 1 is 1.40 bits per heavy atom. The van der Waals surface area contributed by atoms with E-state index in [2.05, 4.69) is 10.0 Å². The summed E-state index contributed by atoms with van der Waals surface area (Å²) in [4.78, 5) is 0. The van der Waals surface area contributed by atoms with Gasteiger partial charge in [-0.1, -0.05) is 11.6 Å². The van der Waals surface area contributed by atoms with Crippen LogP contribution >= 0.6 is 11.6 Å².